The summed E-state index contributed by atoms with van der Waals surface area (Å²) in [5.41, 5.74) is 5.51. The molecule has 0 spiro atoms. The number of rotatable bonds is 3. The quantitative estimate of drug-likeness (QED) is 0.557. The third-order valence-electron chi connectivity index (χ3n) is 2.82. The van der Waals surface area contributed by atoms with Gasteiger partial charge in [0, 0.05) is 5.39 Å². The number of aromatic nitrogens is 2. The van der Waals surface area contributed by atoms with Crippen molar-refractivity contribution in [3.05, 3.63) is 47.5 Å². The number of hydrogen-bond donors (Lipinski definition) is 2. The van der Waals surface area contributed by atoms with E-state index >= 15 is 0 Å². The molecule has 0 bridgehead atoms. The molecule has 1 aromatic carbocycles. The zero-order chi connectivity index (χ0) is 12.5. The molecule has 5 nitrogen and oxygen atoms in total. The van der Waals surface area contributed by atoms with Crippen LogP contribution in [0.1, 0.15) is 23.1 Å². The van der Waals surface area contributed by atoms with Crippen LogP contribution in [-0.4, -0.2) is 8.75 Å². The van der Waals surface area contributed by atoms with E-state index in [1.165, 1.54) is 5.56 Å². The van der Waals surface area contributed by atoms with E-state index in [2.05, 4.69) is 27.2 Å². The second-order valence-electron chi connectivity index (χ2n) is 4.12. The number of nitrogens with zero attached hydrogens (tertiary/aromatic N) is 2. The highest BCUT2D eigenvalue weighted by atomic mass is 32.1. The van der Waals surface area contributed by atoms with Gasteiger partial charge in [-0.25, -0.2) is 5.43 Å². The number of hydrazine groups is 1. The van der Waals surface area contributed by atoms with Gasteiger partial charge >= 0.3 is 0 Å². The molecule has 0 amide bonds. The summed E-state index contributed by atoms with van der Waals surface area (Å²) in [4.78, 5) is 0. The Hall–Kier alpha value is -1.76. The molecule has 1 atom stereocenters. The van der Waals surface area contributed by atoms with Gasteiger partial charge in [0.1, 0.15) is 23.1 Å². The van der Waals surface area contributed by atoms with Crippen molar-refractivity contribution in [2.24, 2.45) is 5.84 Å². The summed E-state index contributed by atoms with van der Waals surface area (Å²) in [6.45, 7) is 2.05. The van der Waals surface area contributed by atoms with Crippen LogP contribution in [0, 0.1) is 6.92 Å². The van der Waals surface area contributed by atoms with Crippen molar-refractivity contribution in [3.8, 4) is 0 Å². The van der Waals surface area contributed by atoms with Gasteiger partial charge < -0.3 is 4.42 Å². The molecule has 92 valence electrons. The largest absolute Gasteiger partial charge is 0.459 e. The lowest BCUT2D eigenvalue weighted by Crippen LogP contribution is -2.28. The van der Waals surface area contributed by atoms with Gasteiger partial charge in [-0.15, -0.1) is 0 Å². The van der Waals surface area contributed by atoms with Crippen LogP contribution in [-0.2, 0) is 0 Å². The van der Waals surface area contributed by atoms with Gasteiger partial charge in [0.25, 0.3) is 0 Å². The molecule has 2 aromatic heterocycles. The molecule has 0 radical (unpaired) electrons. The van der Waals surface area contributed by atoms with Gasteiger partial charge in [-0.2, -0.15) is 8.75 Å². The maximum absolute atomic E-state index is 5.79. The molecule has 3 N–H and O–H groups in total. The van der Waals surface area contributed by atoms with Crippen molar-refractivity contribution in [2.75, 3.05) is 0 Å². The standard InChI is InChI=1S/C12H12N4OS/c1-7-2-3-10-8(4-7)5-11(17-10)12(15-13)9-6-14-18-16-9/h2-6,12,15H,13H2,1H3. The molecular weight excluding hydrogens is 248 g/mol. The SMILES string of the molecule is Cc1ccc2oc(C(NN)c3cnsn3)cc2c1. The Morgan fingerprint density at radius 2 is 2.28 bits per heavy atom. The minimum Gasteiger partial charge on any atom is -0.459 e. The van der Waals surface area contributed by atoms with E-state index in [1.807, 2.05) is 18.2 Å². The van der Waals surface area contributed by atoms with Gasteiger partial charge in [-0.3, -0.25) is 5.84 Å². The summed E-state index contributed by atoms with van der Waals surface area (Å²) < 4.78 is 14.0. The predicted molar refractivity (Wildman–Crippen MR) is 70.0 cm³/mol. The van der Waals surface area contributed by atoms with Crippen LogP contribution in [0.15, 0.2) is 34.9 Å². The summed E-state index contributed by atoms with van der Waals surface area (Å²) in [5, 5.41) is 1.06. The van der Waals surface area contributed by atoms with E-state index in [4.69, 9.17) is 10.3 Å². The maximum atomic E-state index is 5.79. The number of benzene rings is 1. The Labute approximate surface area is 108 Å². The second-order valence-corrected chi connectivity index (χ2v) is 4.68. The maximum Gasteiger partial charge on any atom is 0.134 e. The first-order valence-corrected chi connectivity index (χ1v) is 6.24. The second kappa shape index (κ2) is 4.49. The van der Waals surface area contributed by atoms with Crippen molar-refractivity contribution in [2.45, 2.75) is 13.0 Å². The highest BCUT2D eigenvalue weighted by Crippen LogP contribution is 2.27. The molecule has 6 heteroatoms. The number of fused-ring (bicyclic) bond motifs is 1. The van der Waals surface area contributed by atoms with Crippen LogP contribution in [0.3, 0.4) is 0 Å². The number of nitrogens with one attached hydrogen (secondary N) is 1. The van der Waals surface area contributed by atoms with Gasteiger partial charge in [-0.05, 0) is 25.1 Å². The fourth-order valence-electron chi connectivity index (χ4n) is 1.94. The molecule has 0 aliphatic heterocycles. The minimum absolute atomic E-state index is 0.267. The topological polar surface area (TPSA) is 77.0 Å². The Morgan fingerprint density at radius 3 is 3.00 bits per heavy atom. The summed E-state index contributed by atoms with van der Waals surface area (Å²) in [7, 11) is 0. The van der Waals surface area contributed by atoms with Crippen molar-refractivity contribution < 1.29 is 4.42 Å². The van der Waals surface area contributed by atoms with E-state index in [1.54, 1.807) is 6.20 Å². The molecule has 3 aromatic rings. The van der Waals surface area contributed by atoms with Crippen LogP contribution >= 0.6 is 11.7 Å². The molecule has 18 heavy (non-hydrogen) atoms. The Balaban J connectivity index is 2.07. The molecule has 0 aliphatic carbocycles. The van der Waals surface area contributed by atoms with Gasteiger partial charge in [-0.1, -0.05) is 11.6 Å². The smallest absolute Gasteiger partial charge is 0.134 e. The number of hydrogen-bond acceptors (Lipinski definition) is 6. The van der Waals surface area contributed by atoms with Crippen molar-refractivity contribution in [3.63, 3.8) is 0 Å². The lowest BCUT2D eigenvalue weighted by atomic mass is 10.1. The zero-order valence-electron chi connectivity index (χ0n) is 9.75. The Bertz CT molecular complexity index is 662. The first-order valence-electron chi connectivity index (χ1n) is 5.51. The molecule has 2 heterocycles. The van der Waals surface area contributed by atoms with Gasteiger partial charge in [0.15, 0.2) is 0 Å². The van der Waals surface area contributed by atoms with Crippen molar-refractivity contribution in [1.29, 1.82) is 0 Å². The summed E-state index contributed by atoms with van der Waals surface area (Å²) in [5.74, 6) is 6.32. The number of furan rings is 1. The van der Waals surface area contributed by atoms with Crippen molar-refractivity contribution >= 4 is 22.7 Å². The van der Waals surface area contributed by atoms with Crippen molar-refractivity contribution in [1.82, 2.24) is 14.2 Å². The minimum atomic E-state index is -0.267. The first kappa shape index (κ1) is 11.3. The van der Waals surface area contributed by atoms with Gasteiger partial charge in [0.05, 0.1) is 17.9 Å². The molecule has 3 rings (SSSR count). The lowest BCUT2D eigenvalue weighted by Gasteiger charge is -2.08. The van der Waals surface area contributed by atoms with E-state index in [0.717, 1.165) is 34.2 Å². The summed E-state index contributed by atoms with van der Waals surface area (Å²) in [6, 6.07) is 7.77. The normalized spacial score (nSPS) is 13.0. The molecule has 0 saturated heterocycles. The average Bonchev–Trinajstić information content (AvgIpc) is 2.98. The number of aryl methyl sites for hydroxylation is 1. The fourth-order valence-corrected chi connectivity index (χ4v) is 2.39. The van der Waals surface area contributed by atoms with Crippen LogP contribution < -0.4 is 11.3 Å². The average molecular weight is 260 g/mol. The first-order chi connectivity index (χ1) is 8.78. The van der Waals surface area contributed by atoms with Crippen LogP contribution in [0.25, 0.3) is 11.0 Å². The van der Waals surface area contributed by atoms with E-state index in [0.29, 0.717) is 0 Å². The number of nitrogens with two attached hydrogens (primary N) is 1. The molecule has 0 saturated carbocycles. The Kier molecular flexibility index (Phi) is 2.83. The van der Waals surface area contributed by atoms with Crippen LogP contribution in [0.5, 0.6) is 0 Å². The van der Waals surface area contributed by atoms with E-state index < -0.39 is 0 Å². The molecule has 0 fully saturated rings. The Morgan fingerprint density at radius 1 is 1.39 bits per heavy atom. The van der Waals surface area contributed by atoms with E-state index in [-0.39, 0.29) is 6.04 Å². The van der Waals surface area contributed by atoms with Crippen LogP contribution in [0.4, 0.5) is 0 Å². The summed E-state index contributed by atoms with van der Waals surface area (Å²) >= 11 is 1.15. The van der Waals surface area contributed by atoms with E-state index in [9.17, 15) is 0 Å². The molecular formula is C12H12N4OS. The monoisotopic (exact) mass is 260 g/mol. The summed E-state index contributed by atoms with van der Waals surface area (Å²) in [6.07, 6.45) is 1.69. The lowest BCUT2D eigenvalue weighted by molar-refractivity contribution is 0.473. The molecule has 1 unspecified atom stereocenters. The third kappa shape index (κ3) is 1.90. The molecule has 0 aliphatic rings. The highest BCUT2D eigenvalue weighted by molar-refractivity contribution is 6.99. The van der Waals surface area contributed by atoms with Gasteiger partial charge in [0.2, 0.25) is 0 Å². The highest BCUT2D eigenvalue weighted by Gasteiger charge is 2.19. The fraction of sp³-hybridized carbons (Fsp3) is 0.167. The predicted octanol–water partition coefficient (Wildman–Crippen LogP) is 2.15. The van der Waals surface area contributed by atoms with Crippen LogP contribution in [0.2, 0.25) is 0 Å². The third-order valence-corrected chi connectivity index (χ3v) is 3.31. The zero-order valence-corrected chi connectivity index (χ0v) is 10.6.